The monoisotopic (exact) mass is 763 g/mol. The molecule has 3 aliphatic rings. The number of hydrogen-bond donors (Lipinski definition) is 1. The molecule has 2 aromatic heterocycles. The van der Waals surface area contributed by atoms with Crippen LogP contribution in [0.5, 0.6) is 5.75 Å². The molecular weight excluding hydrogens is 726 g/mol. The third-order valence-electron chi connectivity index (χ3n) is 9.18. The first-order valence-electron chi connectivity index (χ1n) is 16.0. The molecule has 2 saturated heterocycles. The highest BCUT2D eigenvalue weighted by Gasteiger charge is 2.53. The van der Waals surface area contributed by atoms with Gasteiger partial charge in [0.05, 0.1) is 24.3 Å². The first-order valence-corrected chi connectivity index (χ1v) is 20.3. The highest BCUT2D eigenvalue weighted by molar-refractivity contribution is 7.88. The lowest BCUT2D eigenvalue weighted by Crippen LogP contribution is -2.64. The van der Waals surface area contributed by atoms with Gasteiger partial charge < -0.3 is 23.9 Å². The molecule has 268 valence electrons. The molecule has 12 nitrogen and oxygen atoms in total. The number of nitrogens with zero attached hydrogens (tertiary/aromatic N) is 2. The van der Waals surface area contributed by atoms with Crippen molar-refractivity contribution in [2.75, 3.05) is 38.4 Å². The van der Waals surface area contributed by atoms with Crippen molar-refractivity contribution in [2.45, 2.75) is 56.7 Å². The summed E-state index contributed by atoms with van der Waals surface area (Å²) < 4.78 is 62.4. The molecule has 2 aliphatic heterocycles. The minimum Gasteiger partial charge on any atom is -0.479 e. The molecule has 4 atom stereocenters. The lowest BCUT2D eigenvalue weighted by atomic mass is 9.63. The highest BCUT2D eigenvalue weighted by atomic mass is 35.5. The average molecular weight is 764 g/mol. The first kappa shape index (κ1) is 36.3. The van der Waals surface area contributed by atoms with Gasteiger partial charge in [-0.2, -0.15) is 4.31 Å². The van der Waals surface area contributed by atoms with E-state index in [1.54, 1.807) is 29.4 Å². The van der Waals surface area contributed by atoms with Gasteiger partial charge in [0.15, 0.2) is 22.8 Å². The molecular formula is C34H38ClN3O9S3. The zero-order valence-corrected chi connectivity index (χ0v) is 31.4. The molecule has 2 bridgehead atoms. The summed E-state index contributed by atoms with van der Waals surface area (Å²) in [7, 11) is -3.83. The van der Waals surface area contributed by atoms with Crippen LogP contribution in [0.4, 0.5) is 5.69 Å². The number of rotatable bonds is 12. The van der Waals surface area contributed by atoms with Gasteiger partial charge >= 0.3 is 11.9 Å². The molecule has 1 saturated carbocycles. The number of benzene rings is 2. The minimum atomic E-state index is -3.69. The fraction of sp³-hybridized carbons (Fsp3) is 0.441. The highest BCUT2D eigenvalue weighted by Crippen LogP contribution is 2.50. The number of anilines is 1. The van der Waals surface area contributed by atoms with Gasteiger partial charge in [-0.25, -0.2) is 27.2 Å². The van der Waals surface area contributed by atoms with Gasteiger partial charge in [0, 0.05) is 30.6 Å². The smallest absolute Gasteiger partial charge is 0.351 e. The third kappa shape index (κ3) is 7.29. The Hall–Kier alpha value is -3.50. The number of fused-ring (bicyclic) bond motifs is 4. The summed E-state index contributed by atoms with van der Waals surface area (Å²) in [6.45, 7) is 6.09. The van der Waals surface area contributed by atoms with E-state index < -0.39 is 39.4 Å². The van der Waals surface area contributed by atoms with Crippen molar-refractivity contribution in [1.29, 1.82) is 0 Å². The number of hydrogen-bond acceptors (Lipinski definition) is 12. The predicted molar refractivity (Wildman–Crippen MR) is 192 cm³/mol. The topological polar surface area (TPSA) is 154 Å². The summed E-state index contributed by atoms with van der Waals surface area (Å²) >= 11 is 7.84. The molecule has 4 unspecified atom stereocenters. The lowest BCUT2D eigenvalue weighted by molar-refractivity contribution is -0.145. The van der Waals surface area contributed by atoms with Crippen LogP contribution in [0.1, 0.15) is 48.8 Å². The minimum absolute atomic E-state index is 0.0153. The molecule has 16 heteroatoms. The number of thiophene rings is 1. The van der Waals surface area contributed by atoms with Crippen LogP contribution in [0.2, 0.25) is 5.02 Å². The number of ether oxygens (including phenoxy) is 3. The second kappa shape index (κ2) is 14.3. The second-order valence-corrected chi connectivity index (χ2v) is 17.7. The predicted octanol–water partition coefficient (Wildman–Crippen LogP) is 6.11. The van der Waals surface area contributed by atoms with Gasteiger partial charge in [-0.1, -0.05) is 43.6 Å². The Morgan fingerprint density at radius 2 is 2.00 bits per heavy atom. The maximum atomic E-state index is 13.9. The quantitative estimate of drug-likeness (QED) is 0.166. The summed E-state index contributed by atoms with van der Waals surface area (Å²) in [5, 5.41) is 3.94. The fourth-order valence-electron chi connectivity index (χ4n) is 6.94. The summed E-state index contributed by atoms with van der Waals surface area (Å²) in [6, 6.07) is 12.5. The number of carbonyl (C=O) groups excluding carboxylic acids is 2. The molecule has 1 N–H and O–H groups in total. The zero-order valence-electron chi connectivity index (χ0n) is 28.2. The van der Waals surface area contributed by atoms with E-state index >= 15 is 0 Å². The maximum absolute atomic E-state index is 13.9. The number of carbonyl (C=O) groups is 2. The van der Waals surface area contributed by atoms with Crippen molar-refractivity contribution in [3.05, 3.63) is 57.9 Å². The van der Waals surface area contributed by atoms with Crippen molar-refractivity contribution in [3.8, 4) is 16.2 Å². The van der Waals surface area contributed by atoms with Gasteiger partial charge in [-0.15, -0.1) is 11.3 Å². The lowest BCUT2D eigenvalue weighted by Gasteiger charge is -2.56. The van der Waals surface area contributed by atoms with Gasteiger partial charge in [0.1, 0.15) is 21.3 Å². The standard InChI is InChI=1S/C34H38ClN3O9S3/c1-6-45-27(39)17-46-29-28(35)30(48-31(29)32(40)44-4)20-8-7-9-22(13-20)36-24-14-26-34(2,3)15-21(24)16-38(26)50(42,43)18-19-10-11-23-25(12-19)47-33(37-23)49(5)41/h7-13,21,24,26,36H,6,14-18H2,1-5H3. The van der Waals surface area contributed by atoms with E-state index in [2.05, 4.69) is 24.1 Å². The Bertz CT molecular complexity index is 2080. The maximum Gasteiger partial charge on any atom is 0.351 e. The molecule has 0 radical (unpaired) electrons. The van der Waals surface area contributed by atoms with Crippen LogP contribution in [0, 0.1) is 11.3 Å². The number of sulfonamides is 1. The van der Waals surface area contributed by atoms with Crippen LogP contribution in [0.15, 0.2) is 52.1 Å². The number of nitrogens with one attached hydrogen (secondary N) is 1. The molecule has 2 aromatic carbocycles. The largest absolute Gasteiger partial charge is 0.479 e. The van der Waals surface area contributed by atoms with Gasteiger partial charge in [-0.3, -0.25) is 0 Å². The Labute approximate surface area is 301 Å². The molecule has 3 fully saturated rings. The summed E-state index contributed by atoms with van der Waals surface area (Å²) in [4.78, 5) is 29.4. The molecule has 0 spiro atoms. The molecule has 1 aliphatic carbocycles. The number of methoxy groups -OCH3 is 1. The van der Waals surface area contributed by atoms with Gasteiger partial charge in [0.2, 0.25) is 10.0 Å². The Kier molecular flexibility index (Phi) is 10.3. The van der Waals surface area contributed by atoms with E-state index in [1.807, 2.05) is 24.3 Å². The van der Waals surface area contributed by atoms with E-state index in [4.69, 9.17) is 30.2 Å². The van der Waals surface area contributed by atoms with Crippen LogP contribution in [0.25, 0.3) is 21.5 Å². The van der Waals surface area contributed by atoms with Crippen molar-refractivity contribution in [3.63, 3.8) is 0 Å². The van der Waals surface area contributed by atoms with E-state index in [0.29, 0.717) is 34.5 Å². The zero-order chi connectivity index (χ0) is 36.0. The van der Waals surface area contributed by atoms with Crippen LogP contribution in [-0.2, 0) is 40.8 Å². The van der Waals surface area contributed by atoms with E-state index in [-0.39, 0.29) is 56.6 Å². The Morgan fingerprint density at radius 1 is 1.22 bits per heavy atom. The van der Waals surface area contributed by atoms with Crippen LogP contribution < -0.4 is 10.1 Å². The van der Waals surface area contributed by atoms with Crippen LogP contribution >= 0.6 is 22.9 Å². The van der Waals surface area contributed by atoms with Crippen LogP contribution in [0.3, 0.4) is 0 Å². The number of aromatic nitrogens is 1. The van der Waals surface area contributed by atoms with E-state index in [1.165, 1.54) is 13.4 Å². The van der Waals surface area contributed by atoms with Crippen LogP contribution in [-0.4, -0.2) is 79.1 Å². The number of piperidine rings is 2. The molecule has 7 rings (SSSR count). The third-order valence-corrected chi connectivity index (χ3v) is 13.3. The summed E-state index contributed by atoms with van der Waals surface area (Å²) in [5.74, 6) is -1.31. The second-order valence-electron chi connectivity index (χ2n) is 13.1. The van der Waals surface area contributed by atoms with Gasteiger partial charge in [-0.05, 0) is 66.5 Å². The number of halogens is 1. The van der Waals surface area contributed by atoms with Crippen molar-refractivity contribution in [2.24, 2.45) is 11.3 Å². The normalized spacial score (nSPS) is 20.8. The molecule has 0 amide bonds. The van der Waals surface area contributed by atoms with Gasteiger partial charge in [0.25, 0.3) is 5.22 Å². The SMILES string of the molecule is CCOC(=O)COc1c(C(=O)OC)sc(-c2cccc(NC3CC4N(S(=O)(=O)Cc5ccc6nc(S(C)=O)oc6c5)CC3CC4(C)C)c2)c1Cl. The molecule has 50 heavy (non-hydrogen) atoms. The average Bonchev–Trinajstić information content (AvgIpc) is 3.64. The van der Waals surface area contributed by atoms with E-state index in [9.17, 15) is 22.2 Å². The first-order chi connectivity index (χ1) is 23.7. The van der Waals surface area contributed by atoms with Crippen molar-refractivity contribution < 1.29 is 40.8 Å². The molecule has 4 heterocycles. The molecule has 4 aromatic rings. The summed E-state index contributed by atoms with van der Waals surface area (Å²) in [6.07, 6.45) is 2.94. The Balaban J connectivity index is 1.20. The van der Waals surface area contributed by atoms with E-state index in [0.717, 1.165) is 29.0 Å². The number of esters is 2. The van der Waals surface area contributed by atoms with Crippen molar-refractivity contribution >= 4 is 72.5 Å². The summed E-state index contributed by atoms with van der Waals surface area (Å²) in [5.41, 5.74) is 2.82. The Morgan fingerprint density at radius 3 is 2.70 bits per heavy atom. The fourth-order valence-corrected chi connectivity index (χ4v) is 10.8. The number of oxazole rings is 1. The van der Waals surface area contributed by atoms with Crippen molar-refractivity contribution in [1.82, 2.24) is 9.29 Å².